The Kier molecular flexibility index (Phi) is 7.03. The van der Waals surface area contributed by atoms with Crippen LogP contribution in [-0.2, 0) is 17.1 Å². The molecule has 0 aliphatic carbocycles. The van der Waals surface area contributed by atoms with Gasteiger partial charge in [0.15, 0.2) is 0 Å². The molecule has 38 heavy (non-hydrogen) atoms. The first kappa shape index (κ1) is 26.0. The lowest BCUT2D eigenvalue weighted by atomic mass is 10.1. The Balaban J connectivity index is 1.42. The molecule has 5 rings (SSSR count). The predicted octanol–water partition coefficient (Wildman–Crippen LogP) is 4.74. The lowest BCUT2D eigenvalue weighted by molar-refractivity contribution is -0.138. The third-order valence-corrected chi connectivity index (χ3v) is 6.50. The second-order valence-corrected chi connectivity index (χ2v) is 8.93. The zero-order valence-corrected chi connectivity index (χ0v) is 20.1. The lowest BCUT2D eigenvalue weighted by Crippen LogP contribution is -2.48. The number of benzene rings is 1. The number of anilines is 3. The zero-order valence-electron chi connectivity index (χ0n) is 20.1. The van der Waals surface area contributed by atoms with Gasteiger partial charge in [-0.1, -0.05) is 12.1 Å². The van der Waals surface area contributed by atoms with Crippen molar-refractivity contribution in [1.29, 1.82) is 0 Å². The fraction of sp³-hybridized carbons (Fsp3) is 0.400. The van der Waals surface area contributed by atoms with Crippen LogP contribution in [0.3, 0.4) is 0 Å². The van der Waals surface area contributed by atoms with Crippen molar-refractivity contribution in [3.63, 3.8) is 0 Å². The van der Waals surface area contributed by atoms with Gasteiger partial charge in [0.2, 0.25) is 5.95 Å². The van der Waals surface area contributed by atoms with Gasteiger partial charge in [0.1, 0.15) is 11.6 Å². The molecule has 7 nitrogen and oxygen atoms in total. The van der Waals surface area contributed by atoms with Gasteiger partial charge in [0.05, 0.1) is 30.0 Å². The van der Waals surface area contributed by atoms with Crippen molar-refractivity contribution >= 4 is 17.6 Å². The molecule has 1 aromatic carbocycles. The molecule has 2 saturated heterocycles. The molecule has 2 fully saturated rings. The minimum absolute atomic E-state index is 0.118. The molecular formula is C25H24F6N6O. The Bertz CT molecular complexity index is 1250. The average Bonchev–Trinajstić information content (AvgIpc) is 2.92. The van der Waals surface area contributed by atoms with Gasteiger partial charge in [0, 0.05) is 57.1 Å². The van der Waals surface area contributed by atoms with Crippen LogP contribution >= 0.6 is 0 Å². The van der Waals surface area contributed by atoms with E-state index >= 15 is 0 Å². The zero-order chi connectivity index (χ0) is 26.9. The highest BCUT2D eigenvalue weighted by Crippen LogP contribution is 2.36. The van der Waals surface area contributed by atoms with E-state index in [2.05, 4.69) is 9.97 Å². The number of alkyl halides is 6. The summed E-state index contributed by atoms with van der Waals surface area (Å²) in [6, 6.07) is 8.77. The maximum atomic E-state index is 13.5. The molecule has 2 aliphatic heterocycles. The van der Waals surface area contributed by atoms with Gasteiger partial charge in [-0.15, -0.1) is 0 Å². The van der Waals surface area contributed by atoms with E-state index in [4.69, 9.17) is 9.72 Å². The summed E-state index contributed by atoms with van der Waals surface area (Å²) in [5.74, 6) is 0.855. The summed E-state index contributed by atoms with van der Waals surface area (Å²) in [5.41, 5.74) is -0.591. The molecule has 0 atom stereocenters. The van der Waals surface area contributed by atoms with Crippen molar-refractivity contribution in [2.24, 2.45) is 0 Å². The number of nitrogens with zero attached hydrogens (tertiary/aromatic N) is 6. The second-order valence-electron chi connectivity index (χ2n) is 8.93. The maximum Gasteiger partial charge on any atom is 0.419 e. The van der Waals surface area contributed by atoms with Crippen molar-refractivity contribution < 1.29 is 31.1 Å². The summed E-state index contributed by atoms with van der Waals surface area (Å²) in [6.07, 6.45) is -7.64. The van der Waals surface area contributed by atoms with Gasteiger partial charge >= 0.3 is 12.4 Å². The molecule has 3 aromatic rings. The number of morpholine rings is 1. The van der Waals surface area contributed by atoms with Crippen LogP contribution in [0.2, 0.25) is 0 Å². The number of ether oxygens (including phenoxy) is 1. The van der Waals surface area contributed by atoms with Crippen LogP contribution in [-0.4, -0.2) is 67.4 Å². The number of rotatable bonds is 4. The first-order chi connectivity index (χ1) is 18.1. The molecule has 0 N–H and O–H groups in total. The number of hydrogen-bond acceptors (Lipinski definition) is 7. The van der Waals surface area contributed by atoms with Gasteiger partial charge in [-0.3, -0.25) is 0 Å². The van der Waals surface area contributed by atoms with E-state index in [-0.39, 0.29) is 18.9 Å². The molecule has 0 unspecified atom stereocenters. The quantitative estimate of drug-likeness (QED) is 0.445. The highest BCUT2D eigenvalue weighted by Gasteiger charge is 2.36. The first-order valence-electron chi connectivity index (χ1n) is 12.0. The van der Waals surface area contributed by atoms with Gasteiger partial charge in [-0.2, -0.15) is 31.3 Å². The van der Waals surface area contributed by atoms with Crippen LogP contribution in [0.25, 0.3) is 11.3 Å². The Morgan fingerprint density at radius 3 is 2.00 bits per heavy atom. The summed E-state index contributed by atoms with van der Waals surface area (Å²) in [4.78, 5) is 18.8. The molecular weight excluding hydrogens is 514 g/mol. The van der Waals surface area contributed by atoms with Crippen LogP contribution in [0.4, 0.5) is 43.9 Å². The van der Waals surface area contributed by atoms with E-state index in [0.29, 0.717) is 62.4 Å². The maximum absolute atomic E-state index is 13.5. The summed E-state index contributed by atoms with van der Waals surface area (Å²) in [7, 11) is 0. The van der Waals surface area contributed by atoms with Crippen molar-refractivity contribution in [3.8, 4) is 11.3 Å². The Labute approximate surface area is 214 Å². The van der Waals surface area contributed by atoms with Crippen molar-refractivity contribution in [2.75, 3.05) is 67.2 Å². The van der Waals surface area contributed by atoms with Crippen LogP contribution in [0.5, 0.6) is 0 Å². The molecule has 202 valence electrons. The molecule has 2 aromatic heterocycles. The van der Waals surface area contributed by atoms with E-state index in [9.17, 15) is 26.3 Å². The van der Waals surface area contributed by atoms with E-state index in [1.807, 2.05) is 9.80 Å². The van der Waals surface area contributed by atoms with Gasteiger partial charge in [-0.25, -0.2) is 9.97 Å². The summed E-state index contributed by atoms with van der Waals surface area (Å²) in [6.45, 7) is 3.42. The number of pyridine rings is 1. The number of piperazine rings is 1. The first-order valence-corrected chi connectivity index (χ1v) is 12.0. The van der Waals surface area contributed by atoms with E-state index in [0.717, 1.165) is 18.2 Å². The Hall–Kier alpha value is -3.61. The fourth-order valence-corrected chi connectivity index (χ4v) is 4.48. The molecule has 2 aliphatic rings. The monoisotopic (exact) mass is 538 g/mol. The molecule has 0 spiro atoms. The van der Waals surface area contributed by atoms with Gasteiger partial charge in [-0.05, 0) is 24.3 Å². The summed E-state index contributed by atoms with van der Waals surface area (Å²) in [5, 5.41) is 0. The topological polar surface area (TPSA) is 57.6 Å². The van der Waals surface area contributed by atoms with Crippen molar-refractivity contribution in [2.45, 2.75) is 12.4 Å². The van der Waals surface area contributed by atoms with Crippen molar-refractivity contribution in [1.82, 2.24) is 15.0 Å². The number of hydrogen-bond donors (Lipinski definition) is 0. The molecule has 0 saturated carbocycles. The van der Waals surface area contributed by atoms with E-state index in [1.165, 1.54) is 24.4 Å². The molecule has 13 heteroatoms. The van der Waals surface area contributed by atoms with E-state index in [1.54, 1.807) is 11.0 Å². The standard InChI is InChI=1S/C25H24F6N6O/c26-24(27,28)18-5-3-17(4-6-18)20-16-21(35-12-14-38-15-13-35)34-23(33-20)37-10-8-36(9-11-37)22-19(25(29,30)31)2-1-7-32-22/h1-7,16H,8-15H2. The Morgan fingerprint density at radius 1 is 0.711 bits per heavy atom. The molecule has 0 amide bonds. The van der Waals surface area contributed by atoms with Gasteiger partial charge in [0.25, 0.3) is 0 Å². The fourth-order valence-electron chi connectivity index (χ4n) is 4.48. The third-order valence-electron chi connectivity index (χ3n) is 6.50. The SMILES string of the molecule is FC(F)(F)c1ccc(-c2cc(N3CCOCC3)nc(N3CCN(c4ncccc4C(F)(F)F)CC3)n2)cc1. The number of aromatic nitrogens is 3. The smallest absolute Gasteiger partial charge is 0.378 e. The second kappa shape index (κ2) is 10.3. The number of halogens is 6. The van der Waals surface area contributed by atoms with E-state index < -0.39 is 23.5 Å². The lowest BCUT2D eigenvalue weighted by Gasteiger charge is -2.37. The van der Waals surface area contributed by atoms with Crippen LogP contribution < -0.4 is 14.7 Å². The highest BCUT2D eigenvalue weighted by molar-refractivity contribution is 5.66. The largest absolute Gasteiger partial charge is 0.419 e. The average molecular weight is 538 g/mol. The molecule has 4 heterocycles. The van der Waals surface area contributed by atoms with Crippen LogP contribution in [0.15, 0.2) is 48.7 Å². The molecule has 0 radical (unpaired) electrons. The highest BCUT2D eigenvalue weighted by atomic mass is 19.4. The summed E-state index contributed by atoms with van der Waals surface area (Å²) < 4.78 is 85.1. The minimum atomic E-state index is -4.52. The Morgan fingerprint density at radius 2 is 1.37 bits per heavy atom. The third kappa shape index (κ3) is 5.62. The van der Waals surface area contributed by atoms with Crippen LogP contribution in [0, 0.1) is 0 Å². The van der Waals surface area contributed by atoms with Crippen molar-refractivity contribution in [3.05, 3.63) is 59.8 Å². The summed E-state index contributed by atoms with van der Waals surface area (Å²) >= 11 is 0. The minimum Gasteiger partial charge on any atom is -0.378 e. The normalized spacial score (nSPS) is 17.2. The van der Waals surface area contributed by atoms with Crippen LogP contribution in [0.1, 0.15) is 11.1 Å². The van der Waals surface area contributed by atoms with Gasteiger partial charge < -0.3 is 19.4 Å². The molecule has 0 bridgehead atoms. The predicted molar refractivity (Wildman–Crippen MR) is 129 cm³/mol.